The van der Waals surface area contributed by atoms with Gasteiger partial charge in [-0.2, -0.15) is 0 Å². The number of benzene rings is 4. The third-order valence-electron chi connectivity index (χ3n) is 6.21. The van der Waals surface area contributed by atoms with E-state index in [1.54, 1.807) is 0 Å². The molecule has 0 radical (unpaired) electrons. The summed E-state index contributed by atoms with van der Waals surface area (Å²) in [4.78, 5) is 27.5. The van der Waals surface area contributed by atoms with Crippen LogP contribution >= 0.6 is 0 Å². The lowest BCUT2D eigenvalue weighted by atomic mass is 9.89. The number of hydrogen-bond acceptors (Lipinski definition) is 2. The van der Waals surface area contributed by atoms with E-state index in [2.05, 4.69) is 0 Å². The molecule has 0 saturated carbocycles. The third kappa shape index (κ3) is 3.84. The predicted molar refractivity (Wildman–Crippen MR) is 139 cm³/mol. The van der Waals surface area contributed by atoms with E-state index in [9.17, 15) is 9.59 Å². The summed E-state index contributed by atoms with van der Waals surface area (Å²) >= 11 is 0. The highest BCUT2D eigenvalue weighted by Gasteiger charge is 2.20. The molecule has 0 N–H and O–H groups in total. The van der Waals surface area contributed by atoms with Crippen LogP contribution in [0, 0.1) is 13.8 Å². The first-order valence-electron chi connectivity index (χ1n) is 11.4. The Balaban J connectivity index is 1.90. The molecule has 0 aliphatic carbocycles. The molecular weight excluding hydrogens is 416 g/mol. The van der Waals surface area contributed by atoms with Crippen LogP contribution < -0.4 is 21.3 Å². The summed E-state index contributed by atoms with van der Waals surface area (Å²) in [6.45, 7) is 4.04. The SMILES string of the molecule is Cc1ccc(C(c2ccccc2)=c2c(=O)c(=C(c3ccccc3)c3ccc(C)cc3)c2=O)cc1. The van der Waals surface area contributed by atoms with Crippen LogP contribution in [0.15, 0.2) is 119 Å². The van der Waals surface area contributed by atoms with Gasteiger partial charge in [0.25, 0.3) is 0 Å². The van der Waals surface area contributed by atoms with Crippen LogP contribution in [-0.4, -0.2) is 0 Å². The van der Waals surface area contributed by atoms with E-state index in [0.717, 1.165) is 33.4 Å². The van der Waals surface area contributed by atoms with Gasteiger partial charge in [-0.05, 0) is 36.1 Å². The van der Waals surface area contributed by atoms with Crippen molar-refractivity contribution in [2.45, 2.75) is 13.8 Å². The Labute approximate surface area is 198 Å². The van der Waals surface area contributed by atoms with Crippen molar-refractivity contribution >= 4 is 11.1 Å². The van der Waals surface area contributed by atoms with Gasteiger partial charge in [0, 0.05) is 11.1 Å². The Hall–Kier alpha value is -4.30. The van der Waals surface area contributed by atoms with Gasteiger partial charge < -0.3 is 0 Å². The highest BCUT2D eigenvalue weighted by Crippen LogP contribution is 2.22. The summed E-state index contributed by atoms with van der Waals surface area (Å²) in [6.07, 6.45) is 0. The summed E-state index contributed by atoms with van der Waals surface area (Å²) in [5.41, 5.74) is 6.67. The zero-order valence-electron chi connectivity index (χ0n) is 19.2. The van der Waals surface area contributed by atoms with Gasteiger partial charge in [-0.25, -0.2) is 0 Å². The molecule has 0 amide bonds. The molecule has 0 aromatic heterocycles. The van der Waals surface area contributed by atoms with Crippen LogP contribution in [0.3, 0.4) is 0 Å². The van der Waals surface area contributed by atoms with Crippen molar-refractivity contribution in [1.29, 1.82) is 0 Å². The second-order valence-electron chi connectivity index (χ2n) is 8.62. The Morgan fingerprint density at radius 2 is 0.706 bits per heavy atom. The first-order chi connectivity index (χ1) is 16.5. The normalized spacial score (nSPS) is 10.9. The maximum atomic E-state index is 13.7. The largest absolute Gasteiger partial charge is 0.288 e. The average Bonchev–Trinajstić information content (AvgIpc) is 2.88. The molecule has 2 nitrogen and oxygen atoms in total. The Bertz CT molecular complexity index is 1490. The van der Waals surface area contributed by atoms with E-state index in [4.69, 9.17) is 0 Å². The van der Waals surface area contributed by atoms with Crippen molar-refractivity contribution in [2.75, 3.05) is 0 Å². The minimum Gasteiger partial charge on any atom is -0.288 e. The number of rotatable bonds is 4. The topological polar surface area (TPSA) is 34.1 Å². The monoisotopic (exact) mass is 440 g/mol. The van der Waals surface area contributed by atoms with Gasteiger partial charge in [0.1, 0.15) is 0 Å². The molecular formula is C32H24O2. The number of hydrogen-bond donors (Lipinski definition) is 0. The average molecular weight is 441 g/mol. The standard InChI is InChI=1S/C32H24O2/c1-21-13-17-25(18-14-21)27(23-9-5-3-6-10-23)29-31(33)30(32(29)34)28(24-11-7-4-8-12-24)26-19-15-22(2)16-20-26/h3-20H,1-2H3. The van der Waals surface area contributed by atoms with Crippen molar-refractivity contribution in [1.82, 2.24) is 0 Å². The molecule has 0 spiro atoms. The second-order valence-corrected chi connectivity index (χ2v) is 8.62. The Morgan fingerprint density at radius 3 is 1.03 bits per heavy atom. The van der Waals surface area contributed by atoms with Crippen LogP contribution in [0.25, 0.3) is 11.1 Å². The minimum atomic E-state index is -0.205. The van der Waals surface area contributed by atoms with Crippen LogP contribution in [0.5, 0.6) is 0 Å². The Morgan fingerprint density at radius 1 is 0.412 bits per heavy atom. The lowest BCUT2D eigenvalue weighted by Crippen LogP contribution is -2.66. The van der Waals surface area contributed by atoms with Crippen molar-refractivity contribution < 1.29 is 0 Å². The predicted octanol–water partition coefficient (Wildman–Crippen LogP) is 4.39. The van der Waals surface area contributed by atoms with Crippen molar-refractivity contribution in [2.24, 2.45) is 0 Å². The van der Waals surface area contributed by atoms with Crippen LogP contribution in [0.4, 0.5) is 0 Å². The molecule has 0 atom stereocenters. The van der Waals surface area contributed by atoms with E-state index in [1.807, 2.05) is 123 Å². The van der Waals surface area contributed by atoms with Gasteiger partial charge in [-0.3, -0.25) is 9.59 Å². The summed E-state index contributed by atoms with van der Waals surface area (Å²) in [5.74, 6) is 0. The molecule has 0 bridgehead atoms. The molecule has 0 heterocycles. The van der Waals surface area contributed by atoms with Crippen LogP contribution in [-0.2, 0) is 0 Å². The summed E-state index contributed by atoms with van der Waals surface area (Å²) in [5, 5.41) is 0.510. The Kier molecular flexibility index (Phi) is 5.65. The van der Waals surface area contributed by atoms with E-state index in [-0.39, 0.29) is 21.3 Å². The zero-order chi connectivity index (χ0) is 23.7. The fourth-order valence-electron chi connectivity index (χ4n) is 4.41. The van der Waals surface area contributed by atoms with E-state index >= 15 is 0 Å². The highest BCUT2D eigenvalue weighted by molar-refractivity contribution is 5.83. The minimum absolute atomic E-state index is 0.205. The molecule has 0 aliphatic rings. The molecule has 0 aliphatic heterocycles. The van der Waals surface area contributed by atoms with Crippen molar-refractivity contribution in [3.63, 3.8) is 0 Å². The maximum absolute atomic E-state index is 13.7. The first-order valence-corrected chi connectivity index (χ1v) is 11.4. The lowest BCUT2D eigenvalue weighted by molar-refractivity contribution is 1.23. The maximum Gasteiger partial charge on any atom is 0.202 e. The fourth-order valence-corrected chi connectivity index (χ4v) is 4.41. The zero-order valence-corrected chi connectivity index (χ0v) is 19.2. The van der Waals surface area contributed by atoms with Crippen LogP contribution in [0.1, 0.15) is 33.4 Å². The smallest absolute Gasteiger partial charge is 0.202 e. The van der Waals surface area contributed by atoms with Gasteiger partial charge in [0.15, 0.2) is 0 Å². The summed E-state index contributed by atoms with van der Waals surface area (Å²) in [7, 11) is 0. The third-order valence-corrected chi connectivity index (χ3v) is 6.21. The van der Waals surface area contributed by atoms with Gasteiger partial charge in [0.2, 0.25) is 10.9 Å². The molecule has 2 heteroatoms. The van der Waals surface area contributed by atoms with Gasteiger partial charge >= 0.3 is 0 Å². The van der Waals surface area contributed by atoms with Gasteiger partial charge in [-0.1, -0.05) is 120 Å². The van der Waals surface area contributed by atoms with E-state index in [0.29, 0.717) is 11.1 Å². The molecule has 164 valence electrons. The van der Waals surface area contributed by atoms with Gasteiger partial charge in [-0.15, -0.1) is 0 Å². The molecule has 0 fully saturated rings. The lowest BCUT2D eigenvalue weighted by Gasteiger charge is -2.13. The van der Waals surface area contributed by atoms with E-state index in [1.165, 1.54) is 0 Å². The second kappa shape index (κ2) is 8.92. The molecule has 5 aromatic rings. The summed E-state index contributed by atoms with van der Waals surface area (Å²) in [6, 6.07) is 35.3. The van der Waals surface area contributed by atoms with Gasteiger partial charge in [0.05, 0.1) is 10.4 Å². The molecule has 5 aromatic carbocycles. The molecule has 0 saturated heterocycles. The quantitative estimate of drug-likeness (QED) is 0.415. The number of aryl methyl sites for hydroxylation is 2. The fraction of sp³-hybridized carbons (Fsp3) is 0.0625. The molecule has 0 unspecified atom stereocenters. The highest BCUT2D eigenvalue weighted by atomic mass is 16.1. The molecule has 5 rings (SSSR count). The van der Waals surface area contributed by atoms with E-state index < -0.39 is 0 Å². The summed E-state index contributed by atoms with van der Waals surface area (Å²) < 4.78 is 0. The first kappa shape index (κ1) is 21.5. The van der Waals surface area contributed by atoms with Crippen molar-refractivity contribution in [3.05, 3.63) is 173 Å². The van der Waals surface area contributed by atoms with Crippen LogP contribution in [0.2, 0.25) is 0 Å². The molecule has 34 heavy (non-hydrogen) atoms. The van der Waals surface area contributed by atoms with Crippen molar-refractivity contribution in [3.8, 4) is 0 Å².